The first kappa shape index (κ1) is 19.1. The molecule has 2 amide bonds. The molecule has 27 heavy (non-hydrogen) atoms. The monoisotopic (exact) mass is 425 g/mol. The zero-order chi connectivity index (χ0) is 19.4. The Morgan fingerprint density at radius 3 is 2.48 bits per heavy atom. The number of hydrogen-bond donors (Lipinski definition) is 0. The third-order valence-electron chi connectivity index (χ3n) is 4.77. The van der Waals surface area contributed by atoms with Crippen LogP contribution >= 0.6 is 15.9 Å². The maximum absolute atomic E-state index is 12.9. The van der Waals surface area contributed by atoms with Crippen molar-refractivity contribution in [2.24, 2.45) is 0 Å². The molecule has 1 saturated heterocycles. The summed E-state index contributed by atoms with van der Waals surface area (Å²) in [7, 11) is 1.75. The standard InChI is InChI=1S/C21H20BrN3O2/c1-24(14-16-6-4-15(13-23)5-7-16)21(27)19-3-2-12-25(19)20(26)17-8-10-18(22)11-9-17/h4-11,19H,2-3,12,14H2,1H3. The Labute approximate surface area is 167 Å². The van der Waals surface area contributed by atoms with Crippen molar-refractivity contribution in [1.29, 1.82) is 5.26 Å². The molecular weight excluding hydrogens is 406 g/mol. The normalized spacial score (nSPS) is 16.0. The Kier molecular flexibility index (Phi) is 5.92. The van der Waals surface area contributed by atoms with Gasteiger partial charge in [-0.05, 0) is 54.8 Å². The van der Waals surface area contributed by atoms with Gasteiger partial charge in [0, 0.05) is 30.2 Å². The molecule has 0 aromatic heterocycles. The fourth-order valence-electron chi connectivity index (χ4n) is 3.32. The number of rotatable bonds is 4. The number of nitrogens with zero attached hydrogens (tertiary/aromatic N) is 3. The van der Waals surface area contributed by atoms with Gasteiger partial charge in [-0.15, -0.1) is 0 Å². The molecule has 5 nitrogen and oxygen atoms in total. The van der Waals surface area contributed by atoms with E-state index in [0.29, 0.717) is 30.6 Å². The van der Waals surface area contributed by atoms with Gasteiger partial charge in [0.05, 0.1) is 11.6 Å². The van der Waals surface area contributed by atoms with E-state index in [2.05, 4.69) is 22.0 Å². The van der Waals surface area contributed by atoms with Crippen molar-refractivity contribution in [3.63, 3.8) is 0 Å². The molecule has 0 bridgehead atoms. The van der Waals surface area contributed by atoms with E-state index in [0.717, 1.165) is 16.5 Å². The van der Waals surface area contributed by atoms with E-state index in [1.807, 2.05) is 24.3 Å². The molecule has 2 aromatic carbocycles. The Hall–Kier alpha value is -2.65. The second-order valence-corrected chi connectivity index (χ2v) is 7.58. The lowest BCUT2D eigenvalue weighted by atomic mass is 10.1. The number of hydrogen-bond acceptors (Lipinski definition) is 3. The molecule has 3 rings (SSSR count). The zero-order valence-electron chi connectivity index (χ0n) is 15.1. The van der Waals surface area contributed by atoms with Crippen molar-refractivity contribution in [3.8, 4) is 6.07 Å². The van der Waals surface area contributed by atoms with Crippen molar-refractivity contribution in [2.75, 3.05) is 13.6 Å². The van der Waals surface area contributed by atoms with Crippen LogP contribution in [0.15, 0.2) is 53.0 Å². The van der Waals surface area contributed by atoms with Crippen LogP contribution in [0.2, 0.25) is 0 Å². The largest absolute Gasteiger partial charge is 0.340 e. The third kappa shape index (κ3) is 4.37. The fraction of sp³-hybridized carbons (Fsp3) is 0.286. The Bertz CT molecular complexity index is 872. The fourth-order valence-corrected chi connectivity index (χ4v) is 3.58. The second-order valence-electron chi connectivity index (χ2n) is 6.67. The SMILES string of the molecule is CN(Cc1ccc(C#N)cc1)C(=O)C1CCCN1C(=O)c1ccc(Br)cc1. The van der Waals surface area contributed by atoms with E-state index in [1.54, 1.807) is 41.1 Å². The number of nitriles is 1. The highest BCUT2D eigenvalue weighted by molar-refractivity contribution is 9.10. The van der Waals surface area contributed by atoms with Crippen LogP contribution < -0.4 is 0 Å². The minimum absolute atomic E-state index is 0.0534. The summed E-state index contributed by atoms with van der Waals surface area (Å²) >= 11 is 3.37. The van der Waals surface area contributed by atoms with Gasteiger partial charge in [0.1, 0.15) is 6.04 Å². The molecule has 0 N–H and O–H groups in total. The highest BCUT2D eigenvalue weighted by atomic mass is 79.9. The number of halogens is 1. The Morgan fingerprint density at radius 2 is 1.85 bits per heavy atom. The van der Waals surface area contributed by atoms with Gasteiger partial charge in [-0.25, -0.2) is 0 Å². The van der Waals surface area contributed by atoms with Crippen LogP contribution in [0.3, 0.4) is 0 Å². The summed E-state index contributed by atoms with van der Waals surface area (Å²) in [6, 6.07) is 16.0. The zero-order valence-corrected chi connectivity index (χ0v) is 16.6. The topological polar surface area (TPSA) is 64.4 Å². The van der Waals surface area contributed by atoms with Crippen LogP contribution in [0.1, 0.15) is 34.3 Å². The summed E-state index contributed by atoms with van der Waals surface area (Å²) in [5.74, 6) is -0.160. The van der Waals surface area contributed by atoms with Gasteiger partial charge in [0.2, 0.25) is 5.91 Å². The van der Waals surface area contributed by atoms with Crippen LogP contribution in [0.4, 0.5) is 0 Å². The maximum atomic E-state index is 12.9. The molecule has 138 valence electrons. The van der Waals surface area contributed by atoms with Crippen molar-refractivity contribution in [3.05, 3.63) is 69.7 Å². The lowest BCUT2D eigenvalue weighted by molar-refractivity contribution is -0.134. The minimum Gasteiger partial charge on any atom is -0.340 e. The molecule has 1 atom stereocenters. The summed E-state index contributed by atoms with van der Waals surface area (Å²) in [5, 5.41) is 8.88. The summed E-state index contributed by atoms with van der Waals surface area (Å²) in [4.78, 5) is 29.1. The van der Waals surface area contributed by atoms with Gasteiger partial charge >= 0.3 is 0 Å². The van der Waals surface area contributed by atoms with E-state index in [9.17, 15) is 9.59 Å². The molecule has 1 fully saturated rings. The van der Waals surface area contributed by atoms with E-state index < -0.39 is 6.04 Å². The molecule has 1 aliphatic heterocycles. The van der Waals surface area contributed by atoms with Gasteiger partial charge in [-0.3, -0.25) is 9.59 Å². The van der Waals surface area contributed by atoms with E-state index in [1.165, 1.54) is 0 Å². The quantitative estimate of drug-likeness (QED) is 0.751. The Balaban J connectivity index is 1.69. The number of likely N-dealkylation sites (tertiary alicyclic amines) is 1. The summed E-state index contributed by atoms with van der Waals surface area (Å²) < 4.78 is 0.912. The first-order chi connectivity index (χ1) is 13.0. The molecule has 0 radical (unpaired) electrons. The van der Waals surface area contributed by atoms with Crippen LogP contribution in [0.5, 0.6) is 0 Å². The molecule has 0 aliphatic carbocycles. The van der Waals surface area contributed by atoms with Crippen molar-refractivity contribution in [1.82, 2.24) is 9.80 Å². The van der Waals surface area contributed by atoms with Crippen molar-refractivity contribution < 1.29 is 9.59 Å². The van der Waals surface area contributed by atoms with Gasteiger partial charge < -0.3 is 9.80 Å². The van der Waals surface area contributed by atoms with Crippen LogP contribution in [0, 0.1) is 11.3 Å². The lowest BCUT2D eigenvalue weighted by Crippen LogP contribution is -2.46. The summed E-state index contributed by atoms with van der Waals surface area (Å²) in [6.07, 6.45) is 1.50. The predicted molar refractivity (Wildman–Crippen MR) is 106 cm³/mol. The first-order valence-electron chi connectivity index (χ1n) is 8.80. The van der Waals surface area contributed by atoms with Gasteiger partial charge in [-0.1, -0.05) is 28.1 Å². The van der Waals surface area contributed by atoms with Gasteiger partial charge in [0.15, 0.2) is 0 Å². The van der Waals surface area contributed by atoms with E-state index >= 15 is 0 Å². The minimum atomic E-state index is -0.426. The number of carbonyl (C=O) groups is 2. The third-order valence-corrected chi connectivity index (χ3v) is 5.30. The van der Waals surface area contributed by atoms with Crippen molar-refractivity contribution in [2.45, 2.75) is 25.4 Å². The Morgan fingerprint density at radius 1 is 1.19 bits per heavy atom. The van der Waals surface area contributed by atoms with Gasteiger partial charge in [0.25, 0.3) is 5.91 Å². The van der Waals surface area contributed by atoms with E-state index in [4.69, 9.17) is 5.26 Å². The molecule has 6 heteroatoms. The van der Waals surface area contributed by atoms with E-state index in [-0.39, 0.29) is 11.8 Å². The average molecular weight is 426 g/mol. The van der Waals surface area contributed by atoms with Crippen LogP contribution in [-0.2, 0) is 11.3 Å². The number of benzene rings is 2. The maximum Gasteiger partial charge on any atom is 0.254 e. The molecule has 1 unspecified atom stereocenters. The molecular formula is C21H20BrN3O2. The van der Waals surface area contributed by atoms with Crippen molar-refractivity contribution >= 4 is 27.7 Å². The summed E-state index contributed by atoms with van der Waals surface area (Å²) in [6.45, 7) is 1.04. The lowest BCUT2D eigenvalue weighted by Gasteiger charge is -2.28. The highest BCUT2D eigenvalue weighted by Gasteiger charge is 2.36. The number of carbonyl (C=O) groups excluding carboxylic acids is 2. The number of amides is 2. The average Bonchev–Trinajstić information content (AvgIpc) is 3.17. The number of likely N-dealkylation sites (N-methyl/N-ethyl adjacent to an activating group) is 1. The molecule has 0 saturated carbocycles. The second kappa shape index (κ2) is 8.36. The molecule has 0 spiro atoms. The molecule has 1 heterocycles. The van der Waals surface area contributed by atoms with Crippen LogP contribution in [-0.4, -0.2) is 41.2 Å². The molecule has 1 aliphatic rings. The smallest absolute Gasteiger partial charge is 0.254 e. The van der Waals surface area contributed by atoms with Gasteiger partial charge in [-0.2, -0.15) is 5.26 Å². The highest BCUT2D eigenvalue weighted by Crippen LogP contribution is 2.23. The first-order valence-corrected chi connectivity index (χ1v) is 9.59. The van der Waals surface area contributed by atoms with Crippen LogP contribution in [0.25, 0.3) is 0 Å². The predicted octanol–water partition coefficient (Wildman–Crippen LogP) is 3.58. The molecule has 2 aromatic rings. The summed E-state index contributed by atoms with van der Waals surface area (Å²) in [5.41, 5.74) is 2.14.